The lowest BCUT2D eigenvalue weighted by Gasteiger charge is -2.26. The zero-order valence-electron chi connectivity index (χ0n) is 22.2. The third kappa shape index (κ3) is 5.73. The molecule has 1 aliphatic rings. The van der Waals surface area contributed by atoms with Crippen molar-refractivity contribution in [2.75, 3.05) is 44.9 Å². The van der Waals surface area contributed by atoms with Crippen LogP contribution in [0.25, 0.3) is 5.76 Å². The second-order valence-corrected chi connectivity index (χ2v) is 9.43. The first-order valence-corrected chi connectivity index (χ1v) is 12.6. The fourth-order valence-corrected chi connectivity index (χ4v) is 4.47. The topological polar surface area (TPSA) is 79.3 Å². The predicted octanol–water partition coefficient (Wildman–Crippen LogP) is 4.94. The van der Waals surface area contributed by atoms with Crippen LogP contribution in [0.5, 0.6) is 5.75 Å². The Morgan fingerprint density at radius 1 is 1.08 bits per heavy atom. The molecule has 2 aromatic carbocycles. The average molecular weight is 495 g/mol. The summed E-state index contributed by atoms with van der Waals surface area (Å²) in [6.45, 7) is 13.1. The maximum Gasteiger partial charge on any atom is 0.295 e. The summed E-state index contributed by atoms with van der Waals surface area (Å²) >= 11 is 0. The van der Waals surface area contributed by atoms with Gasteiger partial charge >= 0.3 is 0 Å². The summed E-state index contributed by atoms with van der Waals surface area (Å²) in [6.07, 6.45) is 0. The predicted molar refractivity (Wildman–Crippen MR) is 142 cm³/mol. The Morgan fingerprint density at radius 2 is 1.75 bits per heavy atom. The molecule has 1 saturated heterocycles. The highest BCUT2D eigenvalue weighted by Crippen LogP contribution is 2.40. The Labute approximate surface area is 214 Å². The van der Waals surface area contributed by atoms with Gasteiger partial charge in [0.1, 0.15) is 11.5 Å². The zero-order chi connectivity index (χ0) is 26.4. The van der Waals surface area contributed by atoms with E-state index in [0.717, 1.165) is 35.7 Å². The molecule has 7 nitrogen and oxygen atoms in total. The first-order valence-electron chi connectivity index (χ1n) is 12.6. The highest BCUT2D eigenvalue weighted by molar-refractivity contribution is 6.46. The number of ketones is 1. The van der Waals surface area contributed by atoms with Gasteiger partial charge in [0, 0.05) is 38.0 Å². The Kier molecular flexibility index (Phi) is 9.15. The monoisotopic (exact) mass is 494 g/mol. The van der Waals surface area contributed by atoms with Gasteiger partial charge in [-0.15, -0.1) is 0 Å². The second kappa shape index (κ2) is 12.1. The van der Waals surface area contributed by atoms with Crippen LogP contribution in [0.2, 0.25) is 0 Å². The Hall–Kier alpha value is -3.32. The molecule has 0 spiro atoms. The number of carbonyl (C=O) groups excluding carboxylic acids is 2. The van der Waals surface area contributed by atoms with Crippen molar-refractivity contribution in [3.8, 4) is 5.75 Å². The van der Waals surface area contributed by atoms with Crippen LogP contribution >= 0.6 is 0 Å². The Bertz CT molecular complexity index is 1100. The van der Waals surface area contributed by atoms with E-state index in [1.165, 1.54) is 4.90 Å². The summed E-state index contributed by atoms with van der Waals surface area (Å²) in [5, 5.41) is 11.3. The van der Waals surface area contributed by atoms with Crippen LogP contribution in [0.3, 0.4) is 0 Å². The number of carbonyl (C=O) groups is 2. The van der Waals surface area contributed by atoms with Crippen molar-refractivity contribution in [1.29, 1.82) is 0 Å². The number of nitrogens with zero attached hydrogens (tertiary/aromatic N) is 2. The van der Waals surface area contributed by atoms with E-state index in [9.17, 15) is 14.7 Å². The number of ether oxygens (including phenoxy) is 2. The Morgan fingerprint density at radius 3 is 2.31 bits per heavy atom. The molecular weight excluding hydrogens is 456 g/mol. The zero-order valence-corrected chi connectivity index (χ0v) is 22.2. The summed E-state index contributed by atoms with van der Waals surface area (Å²) in [6, 6.07) is 12.4. The molecule has 1 amide bonds. The van der Waals surface area contributed by atoms with E-state index in [4.69, 9.17) is 9.47 Å². The smallest absolute Gasteiger partial charge is 0.295 e. The summed E-state index contributed by atoms with van der Waals surface area (Å²) in [5.41, 5.74) is 3.22. The molecule has 1 unspecified atom stereocenters. The van der Waals surface area contributed by atoms with E-state index in [2.05, 4.69) is 32.6 Å². The van der Waals surface area contributed by atoms with Crippen molar-refractivity contribution >= 4 is 23.1 Å². The van der Waals surface area contributed by atoms with Gasteiger partial charge in [-0.3, -0.25) is 9.59 Å². The summed E-state index contributed by atoms with van der Waals surface area (Å²) in [5.74, 6) is -0.415. The molecule has 0 aromatic heterocycles. The molecule has 0 radical (unpaired) electrons. The van der Waals surface area contributed by atoms with Gasteiger partial charge in [0.15, 0.2) is 0 Å². The van der Waals surface area contributed by atoms with Gasteiger partial charge in [-0.2, -0.15) is 0 Å². The quantitative estimate of drug-likeness (QED) is 0.271. The number of likely N-dealkylation sites (tertiary alicyclic amines) is 1. The number of methoxy groups -OCH3 is 1. The van der Waals surface area contributed by atoms with E-state index >= 15 is 0 Å². The van der Waals surface area contributed by atoms with E-state index in [0.29, 0.717) is 18.1 Å². The third-order valence-corrected chi connectivity index (χ3v) is 6.43. The molecular formula is C29H38N2O5. The summed E-state index contributed by atoms with van der Waals surface area (Å²) in [4.78, 5) is 29.9. The molecule has 2 aromatic rings. The number of anilines is 1. The second-order valence-electron chi connectivity index (χ2n) is 9.43. The van der Waals surface area contributed by atoms with Gasteiger partial charge in [0.2, 0.25) is 0 Å². The lowest BCUT2D eigenvalue weighted by molar-refractivity contribution is -0.140. The maximum absolute atomic E-state index is 13.2. The average Bonchev–Trinajstić information content (AvgIpc) is 3.12. The minimum Gasteiger partial charge on any atom is -0.507 e. The molecule has 7 heteroatoms. The number of aryl methyl sites for hydroxylation is 1. The van der Waals surface area contributed by atoms with Crippen LogP contribution in [-0.4, -0.2) is 61.7 Å². The summed E-state index contributed by atoms with van der Waals surface area (Å²) in [7, 11) is 1.55. The summed E-state index contributed by atoms with van der Waals surface area (Å²) < 4.78 is 11.0. The Balaban J connectivity index is 2.06. The number of hydrogen-bond acceptors (Lipinski definition) is 6. The fourth-order valence-electron chi connectivity index (χ4n) is 4.47. The third-order valence-electron chi connectivity index (χ3n) is 6.43. The lowest BCUT2D eigenvalue weighted by Crippen LogP contribution is -2.32. The number of amides is 1. The van der Waals surface area contributed by atoms with Gasteiger partial charge in [0.05, 0.1) is 24.8 Å². The number of aliphatic hydroxyl groups excluding tert-OH is 1. The first kappa shape index (κ1) is 27.3. The van der Waals surface area contributed by atoms with Gasteiger partial charge in [0.25, 0.3) is 11.7 Å². The van der Waals surface area contributed by atoms with Gasteiger partial charge < -0.3 is 24.4 Å². The van der Waals surface area contributed by atoms with E-state index in [-0.39, 0.29) is 24.5 Å². The van der Waals surface area contributed by atoms with E-state index < -0.39 is 17.7 Å². The van der Waals surface area contributed by atoms with Gasteiger partial charge in [-0.25, -0.2) is 0 Å². The molecule has 194 valence electrons. The lowest BCUT2D eigenvalue weighted by atomic mass is 9.94. The highest BCUT2D eigenvalue weighted by atomic mass is 16.5. The van der Waals surface area contributed by atoms with Gasteiger partial charge in [-0.1, -0.05) is 26.0 Å². The molecule has 1 atom stereocenters. The van der Waals surface area contributed by atoms with Gasteiger partial charge in [-0.05, 0) is 68.1 Å². The molecule has 0 aliphatic carbocycles. The van der Waals surface area contributed by atoms with Crippen LogP contribution in [0.1, 0.15) is 50.4 Å². The minimum atomic E-state index is -0.705. The molecule has 0 bridgehead atoms. The number of aliphatic hydroxyl groups is 1. The molecule has 1 aliphatic heterocycles. The SMILES string of the molecule is CCN(CC)c1ccc(C2/C(=C(/O)c3ccc(OCC(C)C)c(C)c3)C(=O)C(=O)N2CCOC)cc1. The first-order chi connectivity index (χ1) is 17.2. The molecule has 1 N–H and O–H groups in total. The van der Waals surface area contributed by atoms with E-state index in [1.807, 2.05) is 31.2 Å². The fraction of sp³-hybridized carbons (Fsp3) is 0.448. The van der Waals surface area contributed by atoms with Crippen LogP contribution in [0.15, 0.2) is 48.0 Å². The number of hydrogen-bond donors (Lipinski definition) is 1. The number of benzene rings is 2. The number of Topliss-reactive ketones (excluding diaryl/α,β-unsaturated/α-hetero) is 1. The highest BCUT2D eigenvalue weighted by Gasteiger charge is 2.45. The van der Waals surface area contributed by atoms with Crippen LogP contribution in [-0.2, 0) is 14.3 Å². The van der Waals surface area contributed by atoms with Crippen LogP contribution in [0.4, 0.5) is 5.69 Å². The largest absolute Gasteiger partial charge is 0.507 e. The van der Waals surface area contributed by atoms with Crippen molar-refractivity contribution < 1.29 is 24.2 Å². The van der Waals surface area contributed by atoms with Crippen molar-refractivity contribution in [2.45, 2.75) is 40.7 Å². The van der Waals surface area contributed by atoms with Crippen LogP contribution < -0.4 is 9.64 Å². The normalized spacial score (nSPS) is 17.2. The van der Waals surface area contributed by atoms with Crippen molar-refractivity contribution in [2.24, 2.45) is 5.92 Å². The van der Waals surface area contributed by atoms with Crippen molar-refractivity contribution in [3.63, 3.8) is 0 Å². The minimum absolute atomic E-state index is 0.0851. The molecule has 36 heavy (non-hydrogen) atoms. The van der Waals surface area contributed by atoms with Crippen LogP contribution in [0, 0.1) is 12.8 Å². The van der Waals surface area contributed by atoms with Crippen molar-refractivity contribution in [3.05, 3.63) is 64.7 Å². The number of rotatable bonds is 11. The molecule has 1 heterocycles. The molecule has 1 fully saturated rings. The standard InChI is InChI=1S/C29H38N2O5/c1-7-30(8-2)23-12-9-21(10-13-23)26-25(28(33)29(34)31(26)15-16-35-6)27(32)22-11-14-24(20(5)17-22)36-18-19(3)4/h9-14,17,19,26,32H,7-8,15-16,18H2,1-6H3/b27-25-. The van der Waals surface area contributed by atoms with Crippen molar-refractivity contribution in [1.82, 2.24) is 4.90 Å². The maximum atomic E-state index is 13.2. The van der Waals surface area contributed by atoms with E-state index in [1.54, 1.807) is 25.3 Å². The molecule has 3 rings (SSSR count). The molecule has 0 saturated carbocycles.